The Morgan fingerprint density at radius 3 is 2.70 bits per heavy atom. The highest BCUT2D eigenvalue weighted by Gasteiger charge is 2.12. The van der Waals surface area contributed by atoms with Gasteiger partial charge in [0.1, 0.15) is 5.82 Å². The summed E-state index contributed by atoms with van der Waals surface area (Å²) in [6.07, 6.45) is 1.34. The lowest BCUT2D eigenvalue weighted by Gasteiger charge is -2.05. The van der Waals surface area contributed by atoms with Gasteiger partial charge < -0.3 is 15.0 Å². The van der Waals surface area contributed by atoms with Crippen LogP contribution in [0.15, 0.2) is 36.5 Å². The minimum atomic E-state index is -0.566. The van der Waals surface area contributed by atoms with Gasteiger partial charge in [0.25, 0.3) is 0 Å². The lowest BCUT2D eigenvalue weighted by molar-refractivity contribution is 0.0513. The van der Waals surface area contributed by atoms with Gasteiger partial charge in [0, 0.05) is 5.69 Å². The summed E-state index contributed by atoms with van der Waals surface area (Å²) in [6.45, 7) is 1.96. The van der Waals surface area contributed by atoms with E-state index in [9.17, 15) is 9.59 Å². The summed E-state index contributed by atoms with van der Waals surface area (Å²) in [4.78, 5) is 29.6. The minimum Gasteiger partial charge on any atom is -0.460 e. The fourth-order valence-corrected chi connectivity index (χ4v) is 1.49. The van der Waals surface area contributed by atoms with Crippen LogP contribution < -0.4 is 10.6 Å². The van der Waals surface area contributed by atoms with E-state index in [1.807, 2.05) is 18.2 Å². The van der Waals surface area contributed by atoms with Gasteiger partial charge in [0.2, 0.25) is 5.82 Å². The van der Waals surface area contributed by atoms with Crippen molar-refractivity contribution >= 4 is 23.5 Å². The van der Waals surface area contributed by atoms with Gasteiger partial charge in [-0.3, -0.25) is 5.32 Å². The quantitative estimate of drug-likeness (QED) is 0.745. The van der Waals surface area contributed by atoms with E-state index in [2.05, 4.69) is 20.6 Å². The fraction of sp³-hybridized carbons (Fsp3) is 0.154. The van der Waals surface area contributed by atoms with Gasteiger partial charge in [-0.05, 0) is 19.1 Å². The molecule has 20 heavy (non-hydrogen) atoms. The molecule has 0 radical (unpaired) electrons. The Morgan fingerprint density at radius 1 is 1.25 bits per heavy atom. The third-order valence-corrected chi connectivity index (χ3v) is 2.32. The van der Waals surface area contributed by atoms with E-state index in [4.69, 9.17) is 4.74 Å². The van der Waals surface area contributed by atoms with E-state index < -0.39 is 12.0 Å². The van der Waals surface area contributed by atoms with E-state index in [1.165, 1.54) is 6.20 Å². The molecule has 0 bridgehead atoms. The van der Waals surface area contributed by atoms with Gasteiger partial charge in [-0.1, -0.05) is 18.2 Å². The number of carbonyl (C=O) groups excluding carboxylic acids is 2. The predicted molar refractivity (Wildman–Crippen MR) is 73.6 cm³/mol. The largest absolute Gasteiger partial charge is 0.460 e. The predicted octanol–water partition coefficient (Wildman–Crippen LogP) is 2.23. The van der Waals surface area contributed by atoms with Crippen molar-refractivity contribution < 1.29 is 14.3 Å². The van der Waals surface area contributed by atoms with Crippen molar-refractivity contribution in [3.63, 3.8) is 0 Å². The van der Waals surface area contributed by atoms with E-state index >= 15 is 0 Å². The number of para-hydroxylation sites is 1. The van der Waals surface area contributed by atoms with E-state index in [1.54, 1.807) is 19.1 Å². The van der Waals surface area contributed by atoms with E-state index in [-0.39, 0.29) is 12.4 Å². The molecule has 0 unspecified atom stereocenters. The molecular weight excluding hydrogens is 260 g/mol. The monoisotopic (exact) mass is 274 g/mol. The van der Waals surface area contributed by atoms with Gasteiger partial charge in [0.15, 0.2) is 0 Å². The van der Waals surface area contributed by atoms with Crippen LogP contribution in [0.4, 0.5) is 16.3 Å². The van der Waals surface area contributed by atoms with Crippen molar-refractivity contribution in [2.45, 2.75) is 6.92 Å². The minimum absolute atomic E-state index is 0.0434. The smallest absolute Gasteiger partial charge is 0.374 e. The average Bonchev–Trinajstić information content (AvgIpc) is 2.88. The molecule has 0 atom stereocenters. The van der Waals surface area contributed by atoms with Crippen molar-refractivity contribution in [1.82, 2.24) is 9.97 Å². The standard InChI is InChI=1S/C13H14N4O3/c1-2-20-12(18)11-14-8-10(16-11)17-13(19)15-9-6-4-3-5-7-9/h3-8H,2H2,1H3,(H,14,16)(H2,15,17,19). The first-order valence-corrected chi connectivity index (χ1v) is 6.04. The average molecular weight is 274 g/mol. The van der Waals surface area contributed by atoms with Gasteiger partial charge in [-0.2, -0.15) is 0 Å². The fourth-order valence-electron chi connectivity index (χ4n) is 1.49. The summed E-state index contributed by atoms with van der Waals surface area (Å²) in [5.74, 6) is -0.215. The zero-order valence-corrected chi connectivity index (χ0v) is 10.8. The van der Waals surface area contributed by atoms with E-state index in [0.717, 1.165) is 0 Å². The molecule has 2 aromatic rings. The number of hydrogen-bond acceptors (Lipinski definition) is 4. The third kappa shape index (κ3) is 3.58. The lowest BCUT2D eigenvalue weighted by atomic mass is 10.3. The Labute approximate surface area is 115 Å². The maximum atomic E-state index is 11.7. The van der Waals surface area contributed by atoms with Crippen LogP contribution in [0.1, 0.15) is 17.5 Å². The van der Waals surface area contributed by atoms with Crippen LogP contribution in [0, 0.1) is 0 Å². The van der Waals surface area contributed by atoms with Crippen LogP contribution in [0.2, 0.25) is 0 Å². The second-order valence-electron chi connectivity index (χ2n) is 3.81. The Kier molecular flexibility index (Phi) is 4.33. The normalized spacial score (nSPS) is 9.85. The Hall–Kier alpha value is -2.83. The molecule has 0 saturated carbocycles. The van der Waals surface area contributed by atoms with E-state index in [0.29, 0.717) is 11.5 Å². The number of aromatic amines is 1. The molecule has 1 aromatic carbocycles. The number of nitrogens with zero attached hydrogens (tertiary/aromatic N) is 1. The molecule has 0 fully saturated rings. The highest BCUT2D eigenvalue weighted by Crippen LogP contribution is 2.08. The molecule has 0 aliphatic carbocycles. The number of nitrogens with one attached hydrogen (secondary N) is 3. The third-order valence-electron chi connectivity index (χ3n) is 2.32. The van der Waals surface area contributed by atoms with Crippen molar-refractivity contribution in [3.05, 3.63) is 42.4 Å². The molecule has 2 amide bonds. The van der Waals surface area contributed by atoms with Crippen molar-refractivity contribution in [3.8, 4) is 0 Å². The number of carbonyl (C=O) groups is 2. The van der Waals surface area contributed by atoms with Gasteiger partial charge >= 0.3 is 12.0 Å². The van der Waals surface area contributed by atoms with Crippen LogP contribution >= 0.6 is 0 Å². The molecule has 1 heterocycles. The number of benzene rings is 1. The summed E-state index contributed by atoms with van der Waals surface area (Å²) in [5, 5.41) is 5.17. The second kappa shape index (κ2) is 6.37. The molecule has 104 valence electrons. The number of amides is 2. The van der Waals surface area contributed by atoms with Crippen LogP contribution in [0.5, 0.6) is 0 Å². The van der Waals surface area contributed by atoms with Crippen molar-refractivity contribution in [2.75, 3.05) is 17.2 Å². The summed E-state index contributed by atoms with van der Waals surface area (Å²) < 4.78 is 4.78. The first-order chi connectivity index (χ1) is 9.69. The molecular formula is C13H14N4O3. The Balaban J connectivity index is 1.93. The topological polar surface area (TPSA) is 96.1 Å². The Morgan fingerprint density at radius 2 is 2.00 bits per heavy atom. The first kappa shape index (κ1) is 13.6. The highest BCUT2D eigenvalue weighted by atomic mass is 16.5. The zero-order valence-electron chi connectivity index (χ0n) is 10.8. The number of urea groups is 1. The zero-order chi connectivity index (χ0) is 14.4. The Bertz CT molecular complexity index is 595. The van der Waals surface area contributed by atoms with Crippen LogP contribution in [-0.4, -0.2) is 28.6 Å². The molecule has 0 aliphatic heterocycles. The van der Waals surface area contributed by atoms with Gasteiger partial charge in [0.05, 0.1) is 12.8 Å². The molecule has 0 saturated heterocycles. The summed E-state index contributed by atoms with van der Waals surface area (Å²) in [6, 6.07) is 8.56. The number of H-pyrrole nitrogens is 1. The number of rotatable bonds is 4. The number of hydrogen-bond donors (Lipinski definition) is 3. The van der Waals surface area contributed by atoms with Crippen molar-refractivity contribution in [1.29, 1.82) is 0 Å². The second-order valence-corrected chi connectivity index (χ2v) is 3.81. The number of ether oxygens (including phenoxy) is 1. The maximum Gasteiger partial charge on any atom is 0.374 e. The molecule has 0 spiro atoms. The van der Waals surface area contributed by atoms with Crippen LogP contribution in [-0.2, 0) is 4.74 Å². The van der Waals surface area contributed by atoms with Crippen LogP contribution in [0.3, 0.4) is 0 Å². The molecule has 2 rings (SSSR count). The SMILES string of the molecule is CCOC(=O)c1ncc(NC(=O)Nc2ccccc2)[nH]1. The maximum absolute atomic E-state index is 11.7. The summed E-state index contributed by atoms with van der Waals surface area (Å²) >= 11 is 0. The van der Waals surface area contributed by atoms with Gasteiger partial charge in [-0.15, -0.1) is 0 Å². The molecule has 7 nitrogen and oxygen atoms in total. The molecule has 3 N–H and O–H groups in total. The summed E-state index contributed by atoms with van der Waals surface area (Å²) in [5.41, 5.74) is 0.662. The number of esters is 1. The lowest BCUT2D eigenvalue weighted by Crippen LogP contribution is -2.19. The molecule has 1 aromatic heterocycles. The summed E-state index contributed by atoms with van der Waals surface area (Å²) in [7, 11) is 0. The molecule has 7 heteroatoms. The highest BCUT2D eigenvalue weighted by molar-refractivity contribution is 5.99. The van der Waals surface area contributed by atoms with Gasteiger partial charge in [-0.25, -0.2) is 14.6 Å². The number of anilines is 2. The molecule has 0 aliphatic rings. The number of aromatic nitrogens is 2. The first-order valence-electron chi connectivity index (χ1n) is 6.04. The van der Waals surface area contributed by atoms with Crippen molar-refractivity contribution in [2.24, 2.45) is 0 Å². The number of imidazole rings is 1. The van der Waals surface area contributed by atoms with Crippen LogP contribution in [0.25, 0.3) is 0 Å².